The average Bonchev–Trinajstić information content (AvgIpc) is 3.30. The van der Waals surface area contributed by atoms with Crippen molar-refractivity contribution in [3.05, 3.63) is 120 Å². The summed E-state index contributed by atoms with van der Waals surface area (Å²) in [6.07, 6.45) is 4.37. The molecular formula is C27H21ClN4O5. The fourth-order valence-corrected chi connectivity index (χ4v) is 5.04. The Morgan fingerprint density at radius 3 is 2.11 bits per heavy atom. The zero-order chi connectivity index (χ0) is 26.1. The standard InChI is InChI=1S/C27H21ClN4O5/c28-21-10-6-19(7-11-21)27(33)30-26(18-8-14-23(15-9-18)32(36)37)24-3-1-2-20(25(24)29-30)16-17-4-12-22(13-5-17)31(34)35/h4-16,24,26H,1-3H2/b20-16+/t24-,26-/m1/s1. The maximum absolute atomic E-state index is 13.6. The van der Waals surface area contributed by atoms with Crippen molar-refractivity contribution in [2.75, 3.05) is 0 Å². The maximum Gasteiger partial charge on any atom is 0.274 e. The molecule has 3 aromatic carbocycles. The van der Waals surface area contributed by atoms with Crippen molar-refractivity contribution >= 4 is 40.7 Å². The Morgan fingerprint density at radius 1 is 0.919 bits per heavy atom. The summed E-state index contributed by atoms with van der Waals surface area (Å²) in [5, 5.41) is 29.0. The average molecular weight is 517 g/mol. The minimum Gasteiger partial charge on any atom is -0.267 e. The minimum atomic E-state index is -0.456. The highest BCUT2D eigenvalue weighted by atomic mass is 35.5. The van der Waals surface area contributed by atoms with Crippen molar-refractivity contribution in [2.45, 2.75) is 25.3 Å². The summed E-state index contributed by atoms with van der Waals surface area (Å²) < 4.78 is 0. The van der Waals surface area contributed by atoms with E-state index in [1.165, 1.54) is 29.3 Å². The highest BCUT2D eigenvalue weighted by Crippen LogP contribution is 2.45. The second-order valence-corrected chi connectivity index (χ2v) is 9.39. The van der Waals surface area contributed by atoms with Crippen molar-refractivity contribution in [1.82, 2.24) is 5.01 Å². The molecule has 1 heterocycles. The van der Waals surface area contributed by atoms with Crippen LogP contribution in [0.2, 0.25) is 5.02 Å². The SMILES string of the molecule is O=C(c1ccc(Cl)cc1)N1N=C2/C(=C/c3ccc([N+](=O)[O-])cc3)CCC[C@H]2[C@H]1c1ccc([N+](=O)[O-])cc1. The molecule has 9 nitrogen and oxygen atoms in total. The van der Waals surface area contributed by atoms with Crippen LogP contribution in [0.1, 0.15) is 46.8 Å². The third-order valence-corrected chi connectivity index (χ3v) is 6.94. The molecule has 0 spiro atoms. The summed E-state index contributed by atoms with van der Waals surface area (Å²) in [5.74, 6) is -0.396. The lowest BCUT2D eigenvalue weighted by Crippen LogP contribution is -2.31. The molecule has 5 rings (SSSR count). The lowest BCUT2D eigenvalue weighted by molar-refractivity contribution is -0.385. The Labute approximate surface area is 217 Å². The van der Waals surface area contributed by atoms with Gasteiger partial charge in [-0.05, 0) is 78.4 Å². The van der Waals surface area contributed by atoms with Gasteiger partial charge in [0.15, 0.2) is 0 Å². The second-order valence-electron chi connectivity index (χ2n) is 8.95. The van der Waals surface area contributed by atoms with Gasteiger partial charge in [-0.25, -0.2) is 5.01 Å². The Bertz CT molecular complexity index is 1430. The lowest BCUT2D eigenvalue weighted by atomic mass is 9.77. The van der Waals surface area contributed by atoms with Gasteiger partial charge in [0, 0.05) is 40.8 Å². The first-order valence-electron chi connectivity index (χ1n) is 11.7. The molecule has 3 aromatic rings. The number of carbonyl (C=O) groups is 1. The number of halogens is 1. The Balaban J connectivity index is 1.55. The van der Waals surface area contributed by atoms with Gasteiger partial charge in [-0.3, -0.25) is 25.0 Å². The highest BCUT2D eigenvalue weighted by molar-refractivity contribution is 6.30. The first-order valence-corrected chi connectivity index (χ1v) is 12.1. The number of hydrogen-bond donors (Lipinski definition) is 0. The van der Waals surface area contributed by atoms with Crippen molar-refractivity contribution in [3.63, 3.8) is 0 Å². The topological polar surface area (TPSA) is 119 Å². The zero-order valence-electron chi connectivity index (χ0n) is 19.5. The van der Waals surface area contributed by atoms with E-state index < -0.39 is 15.9 Å². The van der Waals surface area contributed by atoms with Gasteiger partial charge in [0.05, 0.1) is 21.6 Å². The summed E-state index contributed by atoms with van der Waals surface area (Å²) in [6.45, 7) is 0. The zero-order valence-corrected chi connectivity index (χ0v) is 20.2. The molecule has 37 heavy (non-hydrogen) atoms. The molecule has 0 saturated heterocycles. The van der Waals surface area contributed by atoms with Crippen LogP contribution in [0, 0.1) is 26.1 Å². The molecular weight excluding hydrogens is 496 g/mol. The summed E-state index contributed by atoms with van der Waals surface area (Å²) >= 11 is 6.01. The first kappa shape index (κ1) is 24.3. The molecule has 1 fully saturated rings. The third-order valence-electron chi connectivity index (χ3n) is 6.69. The normalized spacial score (nSPS) is 19.9. The van der Waals surface area contributed by atoms with Gasteiger partial charge in [0.25, 0.3) is 17.3 Å². The Kier molecular flexibility index (Phi) is 6.54. The fraction of sp³-hybridized carbons (Fsp3) is 0.185. The van der Waals surface area contributed by atoms with Crippen molar-refractivity contribution in [3.8, 4) is 0 Å². The van der Waals surface area contributed by atoms with Crippen LogP contribution in [0.5, 0.6) is 0 Å². The number of nitrogens with zero attached hydrogens (tertiary/aromatic N) is 4. The highest BCUT2D eigenvalue weighted by Gasteiger charge is 2.44. The molecule has 1 aliphatic carbocycles. The van der Waals surface area contributed by atoms with Crippen LogP contribution < -0.4 is 0 Å². The van der Waals surface area contributed by atoms with E-state index in [1.54, 1.807) is 48.5 Å². The summed E-state index contributed by atoms with van der Waals surface area (Å²) in [5.41, 5.74) is 3.73. The molecule has 1 saturated carbocycles. The Hall–Kier alpha value is -4.37. The van der Waals surface area contributed by atoms with E-state index >= 15 is 0 Å². The molecule has 0 radical (unpaired) electrons. The molecule has 0 bridgehead atoms. The van der Waals surface area contributed by atoms with E-state index in [-0.39, 0.29) is 23.2 Å². The second kappa shape index (κ2) is 9.94. The summed E-state index contributed by atoms with van der Waals surface area (Å²) in [7, 11) is 0. The van der Waals surface area contributed by atoms with Gasteiger partial charge in [0.2, 0.25) is 0 Å². The van der Waals surface area contributed by atoms with Gasteiger partial charge in [-0.15, -0.1) is 0 Å². The molecule has 0 N–H and O–H groups in total. The van der Waals surface area contributed by atoms with E-state index in [0.29, 0.717) is 10.6 Å². The Morgan fingerprint density at radius 2 is 1.51 bits per heavy atom. The number of nitro groups is 2. The third kappa shape index (κ3) is 4.85. The number of fused-ring (bicyclic) bond motifs is 1. The first-order chi connectivity index (χ1) is 17.8. The predicted molar refractivity (Wildman–Crippen MR) is 139 cm³/mol. The number of rotatable bonds is 5. The summed E-state index contributed by atoms with van der Waals surface area (Å²) in [4.78, 5) is 34.9. The van der Waals surface area contributed by atoms with Crippen LogP contribution in [0.3, 0.4) is 0 Å². The largest absolute Gasteiger partial charge is 0.274 e. The number of benzene rings is 3. The van der Waals surface area contributed by atoms with Crippen molar-refractivity contribution in [2.24, 2.45) is 11.0 Å². The molecule has 0 unspecified atom stereocenters. The van der Waals surface area contributed by atoms with Crippen molar-refractivity contribution in [1.29, 1.82) is 0 Å². The monoisotopic (exact) mass is 516 g/mol. The number of carbonyl (C=O) groups excluding carboxylic acids is 1. The van der Waals surface area contributed by atoms with E-state index in [4.69, 9.17) is 16.7 Å². The van der Waals surface area contributed by atoms with E-state index in [9.17, 15) is 25.0 Å². The van der Waals surface area contributed by atoms with Crippen LogP contribution >= 0.6 is 11.6 Å². The van der Waals surface area contributed by atoms with Crippen LogP contribution in [0.4, 0.5) is 11.4 Å². The van der Waals surface area contributed by atoms with Crippen molar-refractivity contribution < 1.29 is 14.6 Å². The molecule has 1 aliphatic heterocycles. The summed E-state index contributed by atoms with van der Waals surface area (Å²) in [6, 6.07) is 18.7. The smallest absolute Gasteiger partial charge is 0.267 e. The quantitative estimate of drug-likeness (QED) is 0.280. The number of allylic oxidation sites excluding steroid dienone is 1. The van der Waals surface area contributed by atoms with Gasteiger partial charge >= 0.3 is 0 Å². The van der Waals surface area contributed by atoms with Crippen LogP contribution in [0.15, 0.2) is 83.5 Å². The van der Waals surface area contributed by atoms with Gasteiger partial charge < -0.3 is 0 Å². The van der Waals surface area contributed by atoms with E-state index in [1.807, 2.05) is 6.08 Å². The van der Waals surface area contributed by atoms with Gasteiger partial charge in [-0.1, -0.05) is 23.7 Å². The molecule has 0 aromatic heterocycles. The molecule has 2 aliphatic rings. The van der Waals surface area contributed by atoms with Gasteiger partial charge in [0.1, 0.15) is 0 Å². The van der Waals surface area contributed by atoms with Crippen LogP contribution in [-0.2, 0) is 0 Å². The number of hydrogen-bond acceptors (Lipinski definition) is 6. The molecule has 2 atom stereocenters. The lowest BCUT2D eigenvalue weighted by Gasteiger charge is -2.29. The maximum atomic E-state index is 13.6. The predicted octanol–water partition coefficient (Wildman–Crippen LogP) is 6.59. The number of amides is 1. The molecule has 1 amide bonds. The van der Waals surface area contributed by atoms with E-state index in [2.05, 4.69) is 0 Å². The van der Waals surface area contributed by atoms with Gasteiger partial charge in [-0.2, -0.15) is 5.10 Å². The number of non-ortho nitro benzene ring substituents is 2. The van der Waals surface area contributed by atoms with Crippen LogP contribution in [0.25, 0.3) is 6.08 Å². The minimum absolute atomic E-state index is 0.0137. The molecule has 10 heteroatoms. The number of hydrazone groups is 1. The molecule has 186 valence electrons. The fourth-order valence-electron chi connectivity index (χ4n) is 4.91. The van der Waals surface area contributed by atoms with E-state index in [0.717, 1.165) is 41.7 Å². The van der Waals surface area contributed by atoms with Crippen LogP contribution in [-0.4, -0.2) is 26.5 Å². The number of nitro benzene ring substituents is 2.